The fourth-order valence-electron chi connectivity index (χ4n) is 1.90. The molecule has 1 aromatic rings. The first kappa shape index (κ1) is 14.7. The Hall–Kier alpha value is -0.390. The Kier molecular flexibility index (Phi) is 5.62. The molecule has 1 rings (SSSR count). The highest BCUT2D eigenvalue weighted by molar-refractivity contribution is 9.10. The van der Waals surface area contributed by atoms with E-state index in [0.717, 1.165) is 29.7 Å². The van der Waals surface area contributed by atoms with Gasteiger partial charge in [-0.1, -0.05) is 0 Å². The molecule has 0 aromatic carbocycles. The fraction of sp³-hybridized carbons (Fsp3) is 0.750. The first-order valence-electron chi connectivity index (χ1n) is 6.08. The summed E-state index contributed by atoms with van der Waals surface area (Å²) in [7, 11) is 0. The molecule has 4 nitrogen and oxygen atoms in total. The molecule has 0 aliphatic carbocycles. The second-order valence-electron chi connectivity index (χ2n) is 4.53. The number of rotatable bonds is 6. The van der Waals surface area contributed by atoms with Crippen LogP contribution in [0.3, 0.4) is 0 Å². The van der Waals surface area contributed by atoms with E-state index in [2.05, 4.69) is 40.2 Å². The van der Waals surface area contributed by atoms with Crippen LogP contribution in [-0.4, -0.2) is 27.0 Å². The van der Waals surface area contributed by atoms with Gasteiger partial charge in [-0.05, 0) is 50.0 Å². The third kappa shape index (κ3) is 4.08. The van der Waals surface area contributed by atoms with Crippen molar-refractivity contribution in [1.82, 2.24) is 15.1 Å². The Morgan fingerprint density at radius 3 is 2.65 bits per heavy atom. The Labute approximate surface area is 112 Å². The molecule has 0 fully saturated rings. The van der Waals surface area contributed by atoms with Crippen LogP contribution in [0.2, 0.25) is 0 Å². The van der Waals surface area contributed by atoms with Crippen LogP contribution in [0.5, 0.6) is 0 Å². The normalized spacial score (nSPS) is 14.9. The Morgan fingerprint density at radius 2 is 2.12 bits per heavy atom. The molecule has 0 saturated heterocycles. The number of aromatic nitrogens is 2. The second kappa shape index (κ2) is 6.52. The second-order valence-corrected chi connectivity index (χ2v) is 5.32. The van der Waals surface area contributed by atoms with Gasteiger partial charge in [0.05, 0.1) is 22.0 Å². The topological polar surface area (TPSA) is 50.1 Å². The van der Waals surface area contributed by atoms with E-state index in [-0.39, 0.29) is 6.10 Å². The minimum atomic E-state index is -0.265. The zero-order valence-electron chi connectivity index (χ0n) is 11.0. The third-order valence-corrected chi connectivity index (χ3v) is 3.80. The zero-order chi connectivity index (χ0) is 13.0. The number of halogens is 1. The van der Waals surface area contributed by atoms with Gasteiger partial charge < -0.3 is 10.4 Å². The van der Waals surface area contributed by atoms with Crippen molar-refractivity contribution in [3.8, 4) is 0 Å². The molecule has 2 unspecified atom stereocenters. The van der Waals surface area contributed by atoms with Crippen molar-refractivity contribution in [2.24, 2.45) is 0 Å². The third-order valence-electron chi connectivity index (χ3n) is 2.77. The van der Waals surface area contributed by atoms with Crippen LogP contribution in [0.25, 0.3) is 0 Å². The highest BCUT2D eigenvalue weighted by atomic mass is 79.9. The lowest BCUT2D eigenvalue weighted by Crippen LogP contribution is -2.29. The summed E-state index contributed by atoms with van der Waals surface area (Å²) in [5, 5.41) is 17.2. The van der Waals surface area contributed by atoms with Crippen molar-refractivity contribution in [2.75, 3.05) is 0 Å². The van der Waals surface area contributed by atoms with Crippen LogP contribution in [-0.2, 0) is 13.1 Å². The van der Waals surface area contributed by atoms with Crippen LogP contribution in [0, 0.1) is 6.92 Å². The summed E-state index contributed by atoms with van der Waals surface area (Å²) in [4.78, 5) is 0. The molecule has 0 radical (unpaired) electrons. The number of aliphatic hydroxyl groups is 1. The Morgan fingerprint density at radius 1 is 1.47 bits per heavy atom. The maximum absolute atomic E-state index is 9.31. The lowest BCUT2D eigenvalue weighted by molar-refractivity contribution is 0.170. The summed E-state index contributed by atoms with van der Waals surface area (Å²) in [5.41, 5.74) is 2.19. The molecule has 5 heteroatoms. The van der Waals surface area contributed by atoms with Gasteiger partial charge in [-0.25, -0.2) is 0 Å². The zero-order valence-corrected chi connectivity index (χ0v) is 12.6. The van der Waals surface area contributed by atoms with E-state index in [1.165, 1.54) is 5.69 Å². The van der Waals surface area contributed by atoms with Gasteiger partial charge >= 0.3 is 0 Å². The Bertz CT molecular complexity index is 363. The number of hydrogen-bond donors (Lipinski definition) is 2. The number of nitrogens with one attached hydrogen (secondary N) is 1. The molecular weight excluding hydrogens is 282 g/mol. The van der Waals surface area contributed by atoms with E-state index in [4.69, 9.17) is 0 Å². The molecule has 0 amide bonds. The van der Waals surface area contributed by atoms with Gasteiger partial charge in [0.1, 0.15) is 0 Å². The molecule has 2 atom stereocenters. The maximum atomic E-state index is 9.31. The summed E-state index contributed by atoms with van der Waals surface area (Å²) in [5.74, 6) is 0. The molecule has 0 bridgehead atoms. The van der Waals surface area contributed by atoms with Crippen molar-refractivity contribution < 1.29 is 5.11 Å². The summed E-state index contributed by atoms with van der Waals surface area (Å²) < 4.78 is 3.08. The molecule has 98 valence electrons. The summed E-state index contributed by atoms with van der Waals surface area (Å²) >= 11 is 3.57. The highest BCUT2D eigenvalue weighted by Gasteiger charge is 2.13. The quantitative estimate of drug-likeness (QED) is 0.847. The largest absolute Gasteiger partial charge is 0.393 e. The Balaban J connectivity index is 2.62. The lowest BCUT2D eigenvalue weighted by Gasteiger charge is -2.16. The summed E-state index contributed by atoms with van der Waals surface area (Å²) in [6.45, 7) is 9.62. The smallest absolute Gasteiger partial charge is 0.0739 e. The van der Waals surface area contributed by atoms with E-state index >= 15 is 0 Å². The number of nitrogens with zero attached hydrogens (tertiary/aromatic N) is 2. The van der Waals surface area contributed by atoms with E-state index in [1.54, 1.807) is 0 Å². The van der Waals surface area contributed by atoms with Crippen LogP contribution in [0.15, 0.2) is 4.47 Å². The van der Waals surface area contributed by atoms with Crippen molar-refractivity contribution >= 4 is 15.9 Å². The van der Waals surface area contributed by atoms with Crippen molar-refractivity contribution in [3.05, 3.63) is 15.9 Å². The minimum absolute atomic E-state index is 0.265. The van der Waals surface area contributed by atoms with Gasteiger partial charge in [0.25, 0.3) is 0 Å². The van der Waals surface area contributed by atoms with Crippen LogP contribution in [0.4, 0.5) is 0 Å². The van der Waals surface area contributed by atoms with Crippen molar-refractivity contribution in [3.63, 3.8) is 0 Å². The van der Waals surface area contributed by atoms with Gasteiger partial charge in [-0.15, -0.1) is 0 Å². The van der Waals surface area contributed by atoms with Gasteiger partial charge in [0.2, 0.25) is 0 Å². The molecule has 0 aliphatic heterocycles. The molecule has 0 saturated carbocycles. The minimum Gasteiger partial charge on any atom is -0.393 e. The van der Waals surface area contributed by atoms with Gasteiger partial charge in [-0.3, -0.25) is 4.68 Å². The maximum Gasteiger partial charge on any atom is 0.0739 e. The molecule has 2 N–H and O–H groups in total. The summed E-state index contributed by atoms with van der Waals surface area (Å²) in [6.07, 6.45) is 0.496. The van der Waals surface area contributed by atoms with Gasteiger partial charge in [0.15, 0.2) is 0 Å². The fourth-order valence-corrected chi connectivity index (χ4v) is 2.33. The number of hydrogen-bond acceptors (Lipinski definition) is 3. The SMILES string of the molecule is CCn1nc(C)c(Br)c1CNC(C)CC(C)O. The van der Waals surface area contributed by atoms with Crippen molar-refractivity contribution in [2.45, 2.75) is 59.4 Å². The molecule has 1 aromatic heterocycles. The van der Waals surface area contributed by atoms with Crippen LogP contribution < -0.4 is 5.32 Å². The molecule has 0 spiro atoms. The average molecular weight is 304 g/mol. The molecule has 0 aliphatic rings. The molecule has 17 heavy (non-hydrogen) atoms. The van der Waals surface area contributed by atoms with E-state index in [0.29, 0.717) is 6.04 Å². The van der Waals surface area contributed by atoms with E-state index < -0.39 is 0 Å². The van der Waals surface area contributed by atoms with Crippen molar-refractivity contribution in [1.29, 1.82) is 0 Å². The molecular formula is C12H22BrN3O. The number of aryl methyl sites for hydroxylation is 2. The average Bonchev–Trinajstić information content (AvgIpc) is 2.51. The summed E-state index contributed by atoms with van der Waals surface area (Å²) in [6, 6.07) is 0.294. The van der Waals surface area contributed by atoms with Gasteiger partial charge in [0, 0.05) is 19.1 Å². The first-order chi connectivity index (χ1) is 7.95. The molecule has 1 heterocycles. The predicted molar refractivity (Wildman–Crippen MR) is 72.9 cm³/mol. The highest BCUT2D eigenvalue weighted by Crippen LogP contribution is 2.21. The predicted octanol–water partition coefficient (Wildman–Crippen LogP) is 2.22. The van der Waals surface area contributed by atoms with Crippen LogP contribution >= 0.6 is 15.9 Å². The van der Waals surface area contributed by atoms with E-state index in [1.807, 2.05) is 18.5 Å². The number of aliphatic hydroxyl groups excluding tert-OH is 1. The monoisotopic (exact) mass is 303 g/mol. The van der Waals surface area contributed by atoms with Gasteiger partial charge in [-0.2, -0.15) is 5.10 Å². The standard InChI is InChI=1S/C12H22BrN3O/c1-5-16-11(12(13)10(4)15-16)7-14-8(2)6-9(3)17/h8-9,14,17H,5-7H2,1-4H3. The van der Waals surface area contributed by atoms with E-state index in [9.17, 15) is 5.11 Å². The first-order valence-corrected chi connectivity index (χ1v) is 6.88. The van der Waals surface area contributed by atoms with Crippen LogP contribution in [0.1, 0.15) is 38.6 Å². The lowest BCUT2D eigenvalue weighted by atomic mass is 10.1.